The van der Waals surface area contributed by atoms with Crippen LogP contribution in [0.4, 0.5) is 0 Å². The van der Waals surface area contributed by atoms with E-state index in [1.165, 1.54) is 0 Å². The van der Waals surface area contributed by atoms with Crippen molar-refractivity contribution in [3.8, 4) is 5.75 Å². The highest BCUT2D eigenvalue weighted by atomic mass is 16.5. The second-order valence-electron chi connectivity index (χ2n) is 3.21. The van der Waals surface area contributed by atoms with Crippen LogP contribution in [-0.4, -0.2) is 31.0 Å². The monoisotopic (exact) mass is 207 g/mol. The van der Waals surface area contributed by atoms with Gasteiger partial charge in [0.25, 0.3) is 5.91 Å². The minimum Gasteiger partial charge on any atom is -0.497 e. The zero-order valence-corrected chi connectivity index (χ0v) is 9.49. The molecule has 3 nitrogen and oxygen atoms in total. The number of carbonyl (C=O) groups excluding carboxylic acids is 1. The standard InChI is InChI=1S/C12H17NO2/c1-4-13(5-2)12(14)10-6-8-11(15-3)9-7-10/h6-9H,4-5H2,1-3H3. The first-order chi connectivity index (χ1) is 7.22. The maximum atomic E-state index is 11.9. The molecule has 1 aromatic carbocycles. The van der Waals surface area contributed by atoms with Crippen molar-refractivity contribution in [2.24, 2.45) is 0 Å². The summed E-state index contributed by atoms with van der Waals surface area (Å²) in [5.74, 6) is 0.841. The van der Waals surface area contributed by atoms with Crippen LogP contribution in [0.5, 0.6) is 5.75 Å². The Hall–Kier alpha value is -1.51. The lowest BCUT2D eigenvalue weighted by Gasteiger charge is -2.18. The quantitative estimate of drug-likeness (QED) is 0.757. The van der Waals surface area contributed by atoms with E-state index in [1.54, 1.807) is 36.3 Å². The van der Waals surface area contributed by atoms with E-state index in [0.717, 1.165) is 18.8 Å². The fourth-order valence-electron chi connectivity index (χ4n) is 1.43. The van der Waals surface area contributed by atoms with Gasteiger partial charge in [0.05, 0.1) is 7.11 Å². The predicted octanol–water partition coefficient (Wildman–Crippen LogP) is 2.18. The maximum Gasteiger partial charge on any atom is 0.253 e. The van der Waals surface area contributed by atoms with Crippen molar-refractivity contribution in [1.82, 2.24) is 4.90 Å². The molecule has 0 spiro atoms. The van der Waals surface area contributed by atoms with Crippen molar-refractivity contribution in [2.75, 3.05) is 20.2 Å². The largest absolute Gasteiger partial charge is 0.497 e. The van der Waals surface area contributed by atoms with Gasteiger partial charge in [-0.1, -0.05) is 0 Å². The molecule has 1 rings (SSSR count). The second-order valence-corrected chi connectivity index (χ2v) is 3.21. The van der Waals surface area contributed by atoms with Crippen molar-refractivity contribution in [2.45, 2.75) is 13.8 Å². The summed E-state index contributed by atoms with van der Waals surface area (Å²) in [5.41, 5.74) is 0.708. The first-order valence-electron chi connectivity index (χ1n) is 5.16. The van der Waals surface area contributed by atoms with E-state index in [4.69, 9.17) is 4.74 Å². The normalized spacial score (nSPS) is 9.80. The third-order valence-electron chi connectivity index (χ3n) is 2.39. The number of methoxy groups -OCH3 is 1. The predicted molar refractivity (Wildman–Crippen MR) is 60.2 cm³/mol. The number of nitrogens with zero attached hydrogens (tertiary/aromatic N) is 1. The van der Waals surface area contributed by atoms with Gasteiger partial charge >= 0.3 is 0 Å². The Kier molecular flexibility index (Phi) is 4.16. The highest BCUT2D eigenvalue weighted by Crippen LogP contribution is 2.12. The molecule has 1 amide bonds. The molecule has 0 N–H and O–H groups in total. The van der Waals surface area contributed by atoms with Crippen LogP contribution in [0, 0.1) is 0 Å². The van der Waals surface area contributed by atoms with Crippen molar-refractivity contribution < 1.29 is 9.53 Å². The van der Waals surface area contributed by atoms with Crippen LogP contribution in [0.2, 0.25) is 0 Å². The van der Waals surface area contributed by atoms with Gasteiger partial charge in [0.1, 0.15) is 5.75 Å². The number of amides is 1. The van der Waals surface area contributed by atoms with Crippen LogP contribution in [-0.2, 0) is 0 Å². The lowest BCUT2D eigenvalue weighted by Crippen LogP contribution is -2.30. The van der Waals surface area contributed by atoms with Gasteiger partial charge in [0.2, 0.25) is 0 Å². The molecule has 15 heavy (non-hydrogen) atoms. The molecule has 0 unspecified atom stereocenters. The topological polar surface area (TPSA) is 29.5 Å². The van der Waals surface area contributed by atoms with Crippen LogP contribution >= 0.6 is 0 Å². The van der Waals surface area contributed by atoms with E-state index < -0.39 is 0 Å². The molecule has 0 saturated heterocycles. The third kappa shape index (κ3) is 2.72. The Morgan fingerprint density at radius 1 is 1.20 bits per heavy atom. The van der Waals surface area contributed by atoms with E-state index in [9.17, 15) is 4.79 Å². The van der Waals surface area contributed by atoms with Crippen molar-refractivity contribution >= 4 is 5.91 Å². The maximum absolute atomic E-state index is 11.9. The van der Waals surface area contributed by atoms with Crippen LogP contribution in [0.3, 0.4) is 0 Å². The molecular formula is C12H17NO2. The van der Waals surface area contributed by atoms with Crippen LogP contribution in [0.25, 0.3) is 0 Å². The summed E-state index contributed by atoms with van der Waals surface area (Å²) in [5, 5.41) is 0. The summed E-state index contributed by atoms with van der Waals surface area (Å²) in [6.45, 7) is 5.43. The smallest absolute Gasteiger partial charge is 0.253 e. The molecule has 0 bridgehead atoms. The van der Waals surface area contributed by atoms with Crippen LogP contribution < -0.4 is 4.74 Å². The number of carbonyl (C=O) groups is 1. The van der Waals surface area contributed by atoms with E-state index in [1.807, 2.05) is 13.8 Å². The highest BCUT2D eigenvalue weighted by molar-refractivity contribution is 5.94. The summed E-state index contributed by atoms with van der Waals surface area (Å²) < 4.78 is 5.04. The van der Waals surface area contributed by atoms with Gasteiger partial charge in [-0.15, -0.1) is 0 Å². The Balaban J connectivity index is 2.82. The summed E-state index contributed by atoms with van der Waals surface area (Å²) in [6, 6.07) is 7.19. The summed E-state index contributed by atoms with van der Waals surface area (Å²) >= 11 is 0. The van der Waals surface area contributed by atoms with Crippen LogP contribution in [0.15, 0.2) is 24.3 Å². The van der Waals surface area contributed by atoms with Gasteiger partial charge in [-0.05, 0) is 38.1 Å². The molecule has 0 aliphatic carbocycles. The average molecular weight is 207 g/mol. The molecule has 82 valence electrons. The summed E-state index contributed by atoms with van der Waals surface area (Å²) in [6.07, 6.45) is 0. The number of hydrogen-bond donors (Lipinski definition) is 0. The second kappa shape index (κ2) is 5.39. The zero-order chi connectivity index (χ0) is 11.3. The number of benzene rings is 1. The number of ether oxygens (including phenoxy) is 1. The first-order valence-corrected chi connectivity index (χ1v) is 5.16. The minimum atomic E-state index is 0.0719. The lowest BCUT2D eigenvalue weighted by atomic mass is 10.2. The van der Waals surface area contributed by atoms with E-state index in [0.29, 0.717) is 5.56 Å². The van der Waals surface area contributed by atoms with Gasteiger partial charge in [0, 0.05) is 18.7 Å². The lowest BCUT2D eigenvalue weighted by molar-refractivity contribution is 0.0773. The van der Waals surface area contributed by atoms with Crippen LogP contribution in [0.1, 0.15) is 24.2 Å². The SMILES string of the molecule is CCN(CC)C(=O)c1ccc(OC)cc1. The fraction of sp³-hybridized carbons (Fsp3) is 0.417. The summed E-state index contributed by atoms with van der Waals surface area (Å²) in [7, 11) is 1.61. The van der Waals surface area contributed by atoms with E-state index in [-0.39, 0.29) is 5.91 Å². The molecule has 0 radical (unpaired) electrons. The molecule has 0 aliphatic heterocycles. The van der Waals surface area contributed by atoms with E-state index >= 15 is 0 Å². The van der Waals surface area contributed by atoms with Gasteiger partial charge in [0.15, 0.2) is 0 Å². The Morgan fingerprint density at radius 3 is 2.13 bits per heavy atom. The minimum absolute atomic E-state index is 0.0719. The highest BCUT2D eigenvalue weighted by Gasteiger charge is 2.11. The molecule has 1 aromatic rings. The fourth-order valence-corrected chi connectivity index (χ4v) is 1.43. The molecule has 0 heterocycles. The number of rotatable bonds is 4. The molecular weight excluding hydrogens is 190 g/mol. The van der Waals surface area contributed by atoms with Crippen molar-refractivity contribution in [3.05, 3.63) is 29.8 Å². The molecule has 3 heteroatoms. The van der Waals surface area contributed by atoms with Gasteiger partial charge < -0.3 is 9.64 Å². The zero-order valence-electron chi connectivity index (χ0n) is 9.49. The number of hydrogen-bond acceptors (Lipinski definition) is 2. The third-order valence-corrected chi connectivity index (χ3v) is 2.39. The van der Waals surface area contributed by atoms with Crippen molar-refractivity contribution in [1.29, 1.82) is 0 Å². The summed E-state index contributed by atoms with van der Waals surface area (Å²) in [4.78, 5) is 13.7. The Bertz CT molecular complexity index is 315. The molecule has 0 aliphatic rings. The van der Waals surface area contributed by atoms with Crippen molar-refractivity contribution in [3.63, 3.8) is 0 Å². The Labute approximate surface area is 90.7 Å². The van der Waals surface area contributed by atoms with E-state index in [2.05, 4.69) is 0 Å². The molecule has 0 atom stereocenters. The first kappa shape index (κ1) is 11.6. The Morgan fingerprint density at radius 2 is 1.73 bits per heavy atom. The molecule has 0 aromatic heterocycles. The van der Waals surface area contributed by atoms with Gasteiger partial charge in [-0.3, -0.25) is 4.79 Å². The van der Waals surface area contributed by atoms with Gasteiger partial charge in [-0.2, -0.15) is 0 Å². The van der Waals surface area contributed by atoms with Gasteiger partial charge in [-0.25, -0.2) is 0 Å². The molecule has 0 saturated carbocycles. The molecule has 0 fully saturated rings. The average Bonchev–Trinajstić information content (AvgIpc) is 2.30.